The van der Waals surface area contributed by atoms with Crippen LogP contribution in [0.25, 0.3) is 0 Å². The molecule has 1 aliphatic rings. The Bertz CT molecular complexity index is 1220. The summed E-state index contributed by atoms with van der Waals surface area (Å²) in [7, 11) is -2.65. The molecule has 0 spiro atoms. The number of rotatable bonds is 10. The third-order valence-corrected chi connectivity index (χ3v) is 14.2. The average molecular weight is 688 g/mol. The third-order valence-electron chi connectivity index (χ3n) is 9.14. The fourth-order valence-corrected chi connectivity index (χ4v) is 12.6. The van der Waals surface area contributed by atoms with E-state index in [0.717, 1.165) is 38.5 Å². The van der Waals surface area contributed by atoms with E-state index >= 15 is 0 Å². The number of allylic oxidation sites excluding steroid dienone is 4. The Labute approximate surface area is 297 Å². The quantitative estimate of drug-likeness (QED) is 0.143. The first kappa shape index (κ1) is 41.9. The molecule has 0 radical (unpaired) electrons. The molecule has 0 aromatic heterocycles. The molecule has 0 bridgehead atoms. The van der Waals surface area contributed by atoms with E-state index in [1.165, 1.54) is 44.5 Å². The van der Waals surface area contributed by atoms with Crippen molar-refractivity contribution in [1.29, 1.82) is 0 Å². The van der Waals surface area contributed by atoms with Gasteiger partial charge >= 0.3 is 21.7 Å². The zero-order chi connectivity index (χ0) is 28.3. The summed E-state index contributed by atoms with van der Waals surface area (Å²) in [6.07, 6.45) is 10.3. The van der Waals surface area contributed by atoms with E-state index in [1.54, 1.807) is 20.8 Å². The molecule has 0 saturated carbocycles. The molecule has 0 N–H and O–H groups in total. The van der Waals surface area contributed by atoms with Gasteiger partial charge in [0.1, 0.15) is 0 Å². The molecule has 3 aromatic rings. The Kier molecular flexibility index (Phi) is 17.7. The first-order chi connectivity index (χ1) is 18.7. The number of aryl methyl sites for hydroxylation is 6. The van der Waals surface area contributed by atoms with E-state index in [-0.39, 0.29) is 58.9 Å². The first-order valence-corrected chi connectivity index (χ1v) is 17.5. The summed E-state index contributed by atoms with van der Waals surface area (Å²) in [5.41, 5.74) is 11.6. The maximum atomic E-state index is 3.88. The summed E-state index contributed by atoms with van der Waals surface area (Å²) in [6, 6.07) is 22.8. The Morgan fingerprint density at radius 1 is 0.512 bits per heavy atom. The van der Waals surface area contributed by atoms with Gasteiger partial charge in [0.05, 0.1) is 0 Å². The maximum absolute atomic E-state index is 3.88. The standard InChI is InChI=1S/C38H49Si.3ClH.Ti/c1-10-29-17-30(11-2)21-35(20-29)39(38-27(8)16-26(7)28(38)9,36-22-31(12-3)18-32(13-4)23-36)37-24-33(14-5)19-34(15-6)25-37;;;;/h17-25,27H,10-15H2,1-9H3;3*1H;/q-1;;;;+4/p-3. The summed E-state index contributed by atoms with van der Waals surface area (Å²) in [5.74, 6) is 0.303. The van der Waals surface area contributed by atoms with Crippen LogP contribution in [0.15, 0.2) is 70.9 Å². The van der Waals surface area contributed by atoms with Crippen molar-refractivity contribution in [3.05, 3.63) is 110 Å². The van der Waals surface area contributed by atoms with Crippen LogP contribution in [-0.2, 0) is 60.2 Å². The van der Waals surface area contributed by atoms with Gasteiger partial charge in [0.15, 0.2) is 8.07 Å². The van der Waals surface area contributed by atoms with Crippen LogP contribution < -0.4 is 52.8 Å². The normalized spacial score (nSPS) is 14.3. The second-order valence-corrected chi connectivity index (χ2v) is 15.3. The van der Waals surface area contributed by atoms with Crippen molar-refractivity contribution in [2.75, 3.05) is 0 Å². The SMILES string of the molecule is CCc1cc(CC)cc([Si](C2=C(C)C(C)=[C-]C2C)(c2cc(CC)cc(CC)c2)c2cc(CC)cc(CC)c2)c1.[Cl-].[Cl-].[Cl-].[Ti+4]. The van der Waals surface area contributed by atoms with Crippen LogP contribution in [0.3, 0.4) is 0 Å². The molecule has 0 heterocycles. The largest absolute Gasteiger partial charge is 4.00 e. The summed E-state index contributed by atoms with van der Waals surface area (Å²) in [6.45, 7) is 20.9. The van der Waals surface area contributed by atoms with Gasteiger partial charge in [0, 0.05) is 0 Å². The van der Waals surface area contributed by atoms with Crippen LogP contribution >= 0.6 is 0 Å². The van der Waals surface area contributed by atoms with Crippen molar-refractivity contribution in [2.24, 2.45) is 5.92 Å². The molecule has 3 aromatic carbocycles. The molecule has 0 amide bonds. The van der Waals surface area contributed by atoms with E-state index < -0.39 is 8.07 Å². The summed E-state index contributed by atoms with van der Waals surface area (Å²) in [4.78, 5) is 0. The molecule has 1 aliphatic carbocycles. The zero-order valence-electron chi connectivity index (χ0n) is 27.7. The fraction of sp³-hybridized carbons (Fsp3) is 0.421. The van der Waals surface area contributed by atoms with Crippen LogP contribution in [0.2, 0.25) is 0 Å². The van der Waals surface area contributed by atoms with Crippen LogP contribution in [0.1, 0.15) is 95.7 Å². The van der Waals surface area contributed by atoms with E-state index in [4.69, 9.17) is 0 Å². The molecule has 1 atom stereocenters. The van der Waals surface area contributed by atoms with E-state index in [1.807, 2.05) is 0 Å². The molecule has 0 fully saturated rings. The molecule has 1 unspecified atom stereocenters. The van der Waals surface area contributed by atoms with Crippen molar-refractivity contribution >= 4 is 23.6 Å². The van der Waals surface area contributed by atoms with E-state index in [2.05, 4.69) is 123 Å². The second-order valence-electron chi connectivity index (χ2n) is 11.5. The van der Waals surface area contributed by atoms with Gasteiger partial charge in [0.25, 0.3) is 0 Å². The zero-order valence-corrected chi connectivity index (χ0v) is 32.5. The van der Waals surface area contributed by atoms with Gasteiger partial charge in [-0.05, 0) is 87.5 Å². The predicted octanol–water partition coefficient (Wildman–Crippen LogP) is -1.20. The van der Waals surface area contributed by atoms with Gasteiger partial charge in [-0.15, -0.1) is 6.92 Å². The first-order valence-electron chi connectivity index (χ1n) is 15.5. The van der Waals surface area contributed by atoms with Gasteiger partial charge in [-0.1, -0.05) is 116 Å². The molecule has 4 rings (SSSR count). The van der Waals surface area contributed by atoms with Gasteiger partial charge in [-0.2, -0.15) is 5.20 Å². The van der Waals surface area contributed by atoms with Crippen molar-refractivity contribution < 1.29 is 58.9 Å². The summed E-state index contributed by atoms with van der Waals surface area (Å²) < 4.78 is 0. The smallest absolute Gasteiger partial charge is 1.00 e. The number of hydrogen-bond acceptors (Lipinski definition) is 0. The summed E-state index contributed by atoms with van der Waals surface area (Å²) in [5, 5.41) is 6.31. The fourth-order valence-electron chi connectivity index (χ4n) is 6.77. The molecular formula is C38H49Cl3SiTi. The summed E-state index contributed by atoms with van der Waals surface area (Å²) >= 11 is 0. The van der Waals surface area contributed by atoms with Crippen molar-refractivity contribution in [3.63, 3.8) is 0 Å². The molecule has 43 heavy (non-hydrogen) atoms. The molecular weight excluding hydrogens is 639 g/mol. The van der Waals surface area contributed by atoms with Crippen molar-refractivity contribution in [1.82, 2.24) is 0 Å². The van der Waals surface area contributed by atoms with Crippen molar-refractivity contribution in [3.8, 4) is 0 Å². The molecule has 0 aliphatic heterocycles. The minimum Gasteiger partial charge on any atom is -1.00 e. The third kappa shape index (κ3) is 8.21. The second kappa shape index (κ2) is 18.2. The van der Waals surface area contributed by atoms with Crippen molar-refractivity contribution in [2.45, 2.75) is 101 Å². The van der Waals surface area contributed by atoms with Gasteiger partial charge in [-0.25, -0.2) is 11.1 Å². The Hall–Kier alpha value is -1.06. The molecule has 0 nitrogen and oxygen atoms in total. The van der Waals surface area contributed by atoms with Crippen LogP contribution in [0.5, 0.6) is 0 Å². The van der Waals surface area contributed by atoms with Crippen LogP contribution in [0, 0.1) is 12.0 Å². The van der Waals surface area contributed by atoms with Gasteiger partial charge < -0.3 is 37.2 Å². The minimum absolute atomic E-state index is 0. The van der Waals surface area contributed by atoms with Crippen LogP contribution in [-0.4, -0.2) is 8.07 Å². The van der Waals surface area contributed by atoms with Gasteiger partial charge in [0.2, 0.25) is 0 Å². The monoisotopic (exact) mass is 686 g/mol. The topological polar surface area (TPSA) is 0 Å². The average Bonchev–Trinajstić information content (AvgIpc) is 3.23. The number of hydrogen-bond donors (Lipinski definition) is 0. The Morgan fingerprint density at radius 3 is 0.953 bits per heavy atom. The Morgan fingerprint density at radius 2 is 0.767 bits per heavy atom. The van der Waals surface area contributed by atoms with E-state index in [9.17, 15) is 0 Å². The van der Waals surface area contributed by atoms with Crippen LogP contribution in [0.4, 0.5) is 0 Å². The number of benzene rings is 3. The molecule has 230 valence electrons. The number of halogens is 3. The molecule has 0 saturated heterocycles. The van der Waals surface area contributed by atoms with E-state index in [0.29, 0.717) is 5.92 Å². The maximum Gasteiger partial charge on any atom is 4.00 e. The molecule has 5 heteroatoms. The Balaban J connectivity index is 0.00000441. The predicted molar refractivity (Wildman–Crippen MR) is 175 cm³/mol. The minimum atomic E-state index is -2.65. The van der Waals surface area contributed by atoms with Gasteiger partial charge in [-0.3, -0.25) is 6.08 Å².